The average molecular weight is 243 g/mol. The Morgan fingerprint density at radius 2 is 2.30 bits per heavy atom. The number of hydrogen-bond donors (Lipinski definition) is 0. The zero-order chi connectivity index (χ0) is 6.97. The van der Waals surface area contributed by atoms with Crippen LogP contribution in [0.4, 0.5) is 5.69 Å². The molecule has 0 bridgehead atoms. The molecule has 0 unspecified atom stereocenters. The van der Waals surface area contributed by atoms with Gasteiger partial charge in [0, 0.05) is 16.2 Å². The minimum absolute atomic E-state index is 1.01. The zero-order valence-corrected chi connectivity index (χ0v) is 7.50. The van der Waals surface area contributed by atoms with Crippen LogP contribution in [0.15, 0.2) is 23.2 Å². The molecule has 2 heteroatoms. The molecule has 1 heterocycles. The predicted molar refractivity (Wildman–Crippen MR) is 51.0 cm³/mol. The number of nitrogens with zero attached hydrogens (tertiary/aromatic N) is 1. The van der Waals surface area contributed by atoms with Crippen molar-refractivity contribution in [2.45, 2.75) is 6.42 Å². The van der Waals surface area contributed by atoms with Crippen molar-refractivity contribution in [3.05, 3.63) is 27.3 Å². The highest BCUT2D eigenvalue weighted by Crippen LogP contribution is 2.28. The number of halogens is 1. The smallest absolute Gasteiger partial charge is 0.0794 e. The van der Waals surface area contributed by atoms with Crippen molar-refractivity contribution in [3.63, 3.8) is 0 Å². The molecule has 0 N–H and O–H groups in total. The van der Waals surface area contributed by atoms with Gasteiger partial charge in [0.05, 0.1) is 5.69 Å². The van der Waals surface area contributed by atoms with Crippen LogP contribution in [0, 0.1) is 3.57 Å². The molecule has 50 valence electrons. The Balaban J connectivity index is 2.67. The van der Waals surface area contributed by atoms with Crippen LogP contribution in [0.25, 0.3) is 0 Å². The molecule has 0 aliphatic carbocycles. The van der Waals surface area contributed by atoms with Crippen LogP contribution < -0.4 is 0 Å². The van der Waals surface area contributed by atoms with Gasteiger partial charge in [0.25, 0.3) is 0 Å². The number of benzene rings is 1. The SMILES string of the molecule is Ic1cccc2c1N=CC2. The standard InChI is InChI=1S/C8H6IN/c9-7-3-1-2-6-4-5-10-8(6)7/h1-3,5H,4H2. The van der Waals surface area contributed by atoms with Gasteiger partial charge in [-0.3, -0.25) is 4.99 Å². The lowest BCUT2D eigenvalue weighted by Gasteiger charge is -1.96. The van der Waals surface area contributed by atoms with Gasteiger partial charge < -0.3 is 0 Å². The van der Waals surface area contributed by atoms with Crippen molar-refractivity contribution in [3.8, 4) is 0 Å². The van der Waals surface area contributed by atoms with Gasteiger partial charge in [0.1, 0.15) is 0 Å². The first kappa shape index (κ1) is 6.34. The van der Waals surface area contributed by atoms with Gasteiger partial charge in [-0.15, -0.1) is 0 Å². The van der Waals surface area contributed by atoms with Crippen LogP contribution in [-0.2, 0) is 6.42 Å². The van der Waals surface area contributed by atoms with Gasteiger partial charge in [-0.25, -0.2) is 0 Å². The molecule has 1 aliphatic rings. The van der Waals surface area contributed by atoms with Gasteiger partial charge in [-0.05, 0) is 34.2 Å². The van der Waals surface area contributed by atoms with Crippen LogP contribution in [0.5, 0.6) is 0 Å². The summed E-state index contributed by atoms with van der Waals surface area (Å²) in [6.07, 6.45) is 2.97. The van der Waals surface area contributed by atoms with E-state index < -0.39 is 0 Å². The van der Waals surface area contributed by atoms with E-state index in [9.17, 15) is 0 Å². The van der Waals surface area contributed by atoms with Gasteiger partial charge in [-0.1, -0.05) is 12.1 Å². The monoisotopic (exact) mass is 243 g/mol. The largest absolute Gasteiger partial charge is 0.259 e. The van der Waals surface area contributed by atoms with E-state index >= 15 is 0 Å². The van der Waals surface area contributed by atoms with E-state index in [-0.39, 0.29) is 0 Å². The second kappa shape index (κ2) is 2.34. The quantitative estimate of drug-likeness (QED) is 0.621. The molecular formula is C8H6IN. The summed E-state index contributed by atoms with van der Waals surface area (Å²) < 4.78 is 1.25. The van der Waals surface area contributed by atoms with Crippen LogP contribution >= 0.6 is 22.6 Å². The van der Waals surface area contributed by atoms with E-state index in [0.29, 0.717) is 0 Å². The van der Waals surface area contributed by atoms with Crippen molar-refractivity contribution in [1.82, 2.24) is 0 Å². The molecule has 1 nitrogen and oxygen atoms in total. The average Bonchev–Trinajstić information content (AvgIpc) is 2.36. The highest BCUT2D eigenvalue weighted by Gasteiger charge is 2.07. The van der Waals surface area contributed by atoms with E-state index in [4.69, 9.17) is 0 Å². The third-order valence-electron chi connectivity index (χ3n) is 1.60. The fraction of sp³-hybridized carbons (Fsp3) is 0.125. The topological polar surface area (TPSA) is 12.4 Å². The van der Waals surface area contributed by atoms with Crippen molar-refractivity contribution in [1.29, 1.82) is 0 Å². The molecule has 1 aliphatic heterocycles. The van der Waals surface area contributed by atoms with E-state index in [1.54, 1.807) is 0 Å². The maximum absolute atomic E-state index is 4.27. The lowest BCUT2D eigenvalue weighted by molar-refractivity contribution is 1.40. The second-order valence-corrected chi connectivity index (χ2v) is 3.43. The maximum Gasteiger partial charge on any atom is 0.0794 e. The Morgan fingerprint density at radius 1 is 1.40 bits per heavy atom. The first-order valence-corrected chi connectivity index (χ1v) is 4.26. The summed E-state index contributed by atoms with van der Waals surface area (Å²) in [6.45, 7) is 0. The van der Waals surface area contributed by atoms with Crippen LogP contribution in [-0.4, -0.2) is 6.21 Å². The molecule has 10 heavy (non-hydrogen) atoms. The summed E-state index contributed by atoms with van der Waals surface area (Å²) in [7, 11) is 0. The van der Waals surface area contributed by atoms with E-state index in [2.05, 4.69) is 45.8 Å². The Labute approximate surface area is 73.3 Å². The van der Waals surface area contributed by atoms with Crippen molar-refractivity contribution in [2.75, 3.05) is 0 Å². The summed E-state index contributed by atoms with van der Waals surface area (Å²) in [4.78, 5) is 4.27. The Hall–Kier alpha value is -0.380. The first-order chi connectivity index (χ1) is 4.88. The third kappa shape index (κ3) is 0.868. The highest BCUT2D eigenvalue weighted by molar-refractivity contribution is 14.1. The molecule has 0 saturated heterocycles. The number of hydrogen-bond acceptors (Lipinski definition) is 1. The summed E-state index contributed by atoms with van der Waals surface area (Å²) in [5.41, 5.74) is 2.52. The van der Waals surface area contributed by atoms with Gasteiger partial charge in [-0.2, -0.15) is 0 Å². The number of rotatable bonds is 0. The molecule has 0 spiro atoms. The molecule has 1 aromatic rings. The molecule has 0 fully saturated rings. The van der Waals surface area contributed by atoms with Crippen molar-refractivity contribution >= 4 is 34.5 Å². The summed E-state index contributed by atoms with van der Waals surface area (Å²) >= 11 is 2.31. The molecule has 0 amide bonds. The Morgan fingerprint density at radius 3 is 3.10 bits per heavy atom. The van der Waals surface area contributed by atoms with Crippen molar-refractivity contribution < 1.29 is 0 Å². The van der Waals surface area contributed by atoms with Crippen molar-refractivity contribution in [2.24, 2.45) is 4.99 Å². The Kier molecular flexibility index (Phi) is 1.48. The minimum atomic E-state index is 1.01. The summed E-state index contributed by atoms with van der Waals surface area (Å²) in [6, 6.07) is 6.29. The molecule has 0 radical (unpaired) electrons. The normalized spacial score (nSPS) is 13.7. The fourth-order valence-corrected chi connectivity index (χ4v) is 1.80. The van der Waals surface area contributed by atoms with E-state index in [1.165, 1.54) is 14.8 Å². The number of para-hydroxylation sites is 1. The van der Waals surface area contributed by atoms with E-state index in [1.807, 2.05) is 6.21 Å². The molecule has 0 aromatic heterocycles. The van der Waals surface area contributed by atoms with Gasteiger partial charge >= 0.3 is 0 Å². The summed E-state index contributed by atoms with van der Waals surface area (Å²) in [5.74, 6) is 0. The van der Waals surface area contributed by atoms with Crippen LogP contribution in [0.3, 0.4) is 0 Å². The number of aliphatic imine (C=N–C) groups is 1. The Bertz CT molecular complexity index is 291. The first-order valence-electron chi connectivity index (χ1n) is 3.18. The lowest BCUT2D eigenvalue weighted by Crippen LogP contribution is -1.78. The predicted octanol–water partition coefficient (Wildman–Crippen LogP) is 2.55. The minimum Gasteiger partial charge on any atom is -0.259 e. The number of fused-ring (bicyclic) bond motifs is 1. The van der Waals surface area contributed by atoms with E-state index in [0.717, 1.165) is 6.42 Å². The molecule has 0 saturated carbocycles. The highest BCUT2D eigenvalue weighted by atomic mass is 127. The van der Waals surface area contributed by atoms with Crippen LogP contribution in [0.2, 0.25) is 0 Å². The van der Waals surface area contributed by atoms with Crippen LogP contribution in [0.1, 0.15) is 5.56 Å². The molecule has 0 atom stereocenters. The fourth-order valence-electron chi connectivity index (χ4n) is 1.10. The van der Waals surface area contributed by atoms with Gasteiger partial charge in [0.2, 0.25) is 0 Å². The third-order valence-corrected chi connectivity index (χ3v) is 2.47. The maximum atomic E-state index is 4.27. The summed E-state index contributed by atoms with van der Waals surface area (Å²) in [5, 5.41) is 0. The molecule has 2 rings (SSSR count). The second-order valence-electron chi connectivity index (χ2n) is 2.26. The van der Waals surface area contributed by atoms with Gasteiger partial charge in [0.15, 0.2) is 0 Å². The molecular weight excluding hydrogens is 237 g/mol. The molecule has 1 aromatic carbocycles. The lowest BCUT2D eigenvalue weighted by atomic mass is 10.2. The zero-order valence-electron chi connectivity index (χ0n) is 5.34.